The smallest absolute Gasteiger partial charge is 0.279 e. The van der Waals surface area contributed by atoms with Crippen molar-refractivity contribution in [2.24, 2.45) is 0 Å². The summed E-state index contributed by atoms with van der Waals surface area (Å²) < 4.78 is 0. The standard InChI is InChI=1S/C11H18N2OS/c1-2-15-11(14)13-8-7-9-3-5-10(12)6-4-9/h3,12H,2,4-8H2,1H3,(H,13,14). The van der Waals surface area contributed by atoms with Crippen LogP contribution in [0.25, 0.3) is 0 Å². The molecule has 84 valence electrons. The van der Waals surface area contributed by atoms with Gasteiger partial charge in [0.2, 0.25) is 0 Å². The highest BCUT2D eigenvalue weighted by Gasteiger charge is 2.07. The van der Waals surface area contributed by atoms with E-state index in [1.54, 1.807) is 0 Å². The minimum atomic E-state index is 0.0710. The predicted molar refractivity (Wildman–Crippen MR) is 65.8 cm³/mol. The Morgan fingerprint density at radius 3 is 3.00 bits per heavy atom. The second-order valence-electron chi connectivity index (χ2n) is 3.57. The van der Waals surface area contributed by atoms with Gasteiger partial charge in [-0.05, 0) is 25.0 Å². The molecule has 0 saturated heterocycles. The van der Waals surface area contributed by atoms with Gasteiger partial charge in [-0.25, -0.2) is 0 Å². The summed E-state index contributed by atoms with van der Waals surface area (Å²) in [6.45, 7) is 2.70. The third-order valence-corrected chi connectivity index (χ3v) is 3.07. The number of carbonyl (C=O) groups excluding carboxylic acids is 1. The molecule has 0 heterocycles. The fraction of sp³-hybridized carbons (Fsp3) is 0.636. The molecule has 0 aromatic carbocycles. The van der Waals surface area contributed by atoms with Crippen LogP contribution in [0, 0.1) is 5.41 Å². The van der Waals surface area contributed by atoms with Crippen molar-refractivity contribution in [1.29, 1.82) is 5.41 Å². The van der Waals surface area contributed by atoms with Crippen LogP contribution >= 0.6 is 11.8 Å². The lowest BCUT2D eigenvalue weighted by atomic mass is 9.96. The van der Waals surface area contributed by atoms with Gasteiger partial charge < -0.3 is 10.7 Å². The summed E-state index contributed by atoms with van der Waals surface area (Å²) in [5.41, 5.74) is 2.21. The molecule has 0 bridgehead atoms. The van der Waals surface area contributed by atoms with Gasteiger partial charge in [0.05, 0.1) is 0 Å². The van der Waals surface area contributed by atoms with Crippen LogP contribution in [0.5, 0.6) is 0 Å². The van der Waals surface area contributed by atoms with E-state index in [1.807, 2.05) is 6.92 Å². The topological polar surface area (TPSA) is 53.0 Å². The van der Waals surface area contributed by atoms with E-state index in [-0.39, 0.29) is 5.24 Å². The highest BCUT2D eigenvalue weighted by Crippen LogP contribution is 2.17. The van der Waals surface area contributed by atoms with Gasteiger partial charge in [-0.15, -0.1) is 0 Å². The van der Waals surface area contributed by atoms with Crippen molar-refractivity contribution < 1.29 is 4.79 Å². The molecule has 0 aliphatic heterocycles. The van der Waals surface area contributed by atoms with E-state index in [9.17, 15) is 4.79 Å². The average molecular weight is 226 g/mol. The van der Waals surface area contributed by atoms with Crippen LogP contribution < -0.4 is 5.32 Å². The zero-order valence-electron chi connectivity index (χ0n) is 9.14. The summed E-state index contributed by atoms with van der Waals surface area (Å²) in [7, 11) is 0. The Morgan fingerprint density at radius 2 is 2.40 bits per heavy atom. The summed E-state index contributed by atoms with van der Waals surface area (Å²) in [4.78, 5) is 11.1. The highest BCUT2D eigenvalue weighted by molar-refractivity contribution is 8.13. The van der Waals surface area contributed by atoms with Crippen LogP contribution in [0.1, 0.15) is 32.6 Å². The van der Waals surface area contributed by atoms with E-state index in [2.05, 4.69) is 11.4 Å². The Kier molecular flexibility index (Phi) is 5.47. The molecule has 2 N–H and O–H groups in total. The number of hydrogen-bond acceptors (Lipinski definition) is 3. The van der Waals surface area contributed by atoms with Crippen LogP contribution in [-0.2, 0) is 0 Å². The molecule has 1 aliphatic carbocycles. The summed E-state index contributed by atoms with van der Waals surface area (Å²) in [6.07, 6.45) is 5.75. The first kappa shape index (κ1) is 12.3. The molecule has 0 spiro atoms. The molecule has 1 amide bonds. The molecule has 0 unspecified atom stereocenters. The molecule has 1 aliphatic rings. The molecule has 0 atom stereocenters. The maximum atomic E-state index is 11.1. The monoisotopic (exact) mass is 226 g/mol. The number of rotatable bonds is 4. The Balaban J connectivity index is 2.15. The Labute approximate surface area is 95.2 Å². The maximum absolute atomic E-state index is 11.1. The van der Waals surface area contributed by atoms with Gasteiger partial charge in [-0.1, -0.05) is 30.3 Å². The number of nitrogens with one attached hydrogen (secondary N) is 2. The zero-order chi connectivity index (χ0) is 11.1. The first-order chi connectivity index (χ1) is 7.22. The number of hydrogen-bond donors (Lipinski definition) is 2. The second kappa shape index (κ2) is 6.67. The van der Waals surface area contributed by atoms with Gasteiger partial charge in [0.15, 0.2) is 0 Å². The van der Waals surface area contributed by atoms with Crippen molar-refractivity contribution in [1.82, 2.24) is 5.32 Å². The molecule has 0 aromatic rings. The maximum Gasteiger partial charge on any atom is 0.279 e. The minimum Gasteiger partial charge on any atom is -0.347 e. The Hall–Kier alpha value is -0.770. The molecule has 0 fully saturated rings. The molecule has 0 aromatic heterocycles. The van der Waals surface area contributed by atoms with E-state index in [0.717, 1.165) is 43.7 Å². The predicted octanol–water partition coefficient (Wildman–Crippen LogP) is 2.97. The molecule has 1 rings (SSSR count). The summed E-state index contributed by atoms with van der Waals surface area (Å²) >= 11 is 1.31. The third-order valence-electron chi connectivity index (χ3n) is 2.38. The largest absolute Gasteiger partial charge is 0.347 e. The fourth-order valence-electron chi connectivity index (χ4n) is 1.52. The third kappa shape index (κ3) is 5.02. The molecular formula is C11H18N2OS. The molecular weight excluding hydrogens is 208 g/mol. The van der Waals surface area contributed by atoms with Crippen LogP contribution in [0.2, 0.25) is 0 Å². The normalized spacial score (nSPS) is 16.1. The fourth-order valence-corrected chi connectivity index (χ4v) is 1.98. The zero-order valence-corrected chi connectivity index (χ0v) is 9.95. The number of carbonyl (C=O) groups is 1. The first-order valence-corrected chi connectivity index (χ1v) is 6.35. The number of amides is 1. The quantitative estimate of drug-likeness (QED) is 0.724. The summed E-state index contributed by atoms with van der Waals surface area (Å²) in [5, 5.41) is 10.4. The van der Waals surface area contributed by atoms with Crippen LogP contribution in [0.15, 0.2) is 11.6 Å². The van der Waals surface area contributed by atoms with Crippen molar-refractivity contribution in [3.8, 4) is 0 Å². The van der Waals surface area contributed by atoms with Crippen LogP contribution in [0.3, 0.4) is 0 Å². The number of thioether (sulfide) groups is 1. The van der Waals surface area contributed by atoms with Gasteiger partial charge in [-0.2, -0.15) is 0 Å². The van der Waals surface area contributed by atoms with Crippen molar-refractivity contribution >= 4 is 22.7 Å². The van der Waals surface area contributed by atoms with E-state index in [0.29, 0.717) is 0 Å². The van der Waals surface area contributed by atoms with Gasteiger partial charge in [-0.3, -0.25) is 4.79 Å². The Bertz CT molecular complexity index is 274. The molecule has 4 heteroatoms. The van der Waals surface area contributed by atoms with Crippen molar-refractivity contribution in [2.45, 2.75) is 32.6 Å². The minimum absolute atomic E-state index is 0.0710. The van der Waals surface area contributed by atoms with Crippen LogP contribution in [0.4, 0.5) is 4.79 Å². The van der Waals surface area contributed by atoms with Crippen molar-refractivity contribution in [3.05, 3.63) is 11.6 Å². The van der Waals surface area contributed by atoms with Gasteiger partial charge >= 0.3 is 0 Å². The lowest BCUT2D eigenvalue weighted by Crippen LogP contribution is -2.20. The summed E-state index contributed by atoms with van der Waals surface area (Å²) in [5.74, 6) is 0.825. The van der Waals surface area contributed by atoms with E-state index in [1.165, 1.54) is 17.3 Å². The van der Waals surface area contributed by atoms with Crippen molar-refractivity contribution in [2.75, 3.05) is 12.3 Å². The average Bonchev–Trinajstić information content (AvgIpc) is 2.21. The first-order valence-electron chi connectivity index (χ1n) is 5.37. The number of allylic oxidation sites excluding steroid dienone is 1. The second-order valence-corrected chi connectivity index (χ2v) is 4.80. The van der Waals surface area contributed by atoms with E-state index in [4.69, 9.17) is 5.41 Å². The molecule has 15 heavy (non-hydrogen) atoms. The van der Waals surface area contributed by atoms with Crippen LogP contribution in [-0.4, -0.2) is 23.2 Å². The Morgan fingerprint density at radius 1 is 1.60 bits per heavy atom. The SMILES string of the molecule is CCSC(=O)NCCC1=CCC(=N)CC1. The van der Waals surface area contributed by atoms with Crippen molar-refractivity contribution in [3.63, 3.8) is 0 Å². The lowest BCUT2D eigenvalue weighted by Gasteiger charge is -2.13. The van der Waals surface area contributed by atoms with E-state index < -0.39 is 0 Å². The van der Waals surface area contributed by atoms with Gasteiger partial charge in [0, 0.05) is 18.7 Å². The molecule has 3 nitrogen and oxygen atoms in total. The van der Waals surface area contributed by atoms with E-state index >= 15 is 0 Å². The highest BCUT2D eigenvalue weighted by atomic mass is 32.2. The molecule has 0 saturated carbocycles. The lowest BCUT2D eigenvalue weighted by molar-refractivity contribution is 0.261. The van der Waals surface area contributed by atoms with Gasteiger partial charge in [0.25, 0.3) is 5.24 Å². The van der Waals surface area contributed by atoms with Gasteiger partial charge in [0.1, 0.15) is 0 Å². The molecule has 0 radical (unpaired) electrons. The summed E-state index contributed by atoms with van der Waals surface area (Å²) in [6, 6.07) is 0.